The van der Waals surface area contributed by atoms with Crippen molar-refractivity contribution in [2.75, 3.05) is 0 Å². The summed E-state index contributed by atoms with van der Waals surface area (Å²) >= 11 is 0. The zero-order chi connectivity index (χ0) is 13.1. The SMILES string of the molecule is O=C1C=CCC[C@H]1[C@@H](O)c1ccc([N+](=O)[O-])cc1. The van der Waals surface area contributed by atoms with E-state index in [1.807, 2.05) is 0 Å². The Labute approximate surface area is 104 Å². The Kier molecular flexibility index (Phi) is 3.53. The van der Waals surface area contributed by atoms with Crippen LogP contribution in [0.1, 0.15) is 24.5 Å². The number of aliphatic hydroxyl groups excluding tert-OH is 1. The van der Waals surface area contributed by atoms with E-state index in [2.05, 4.69) is 0 Å². The Morgan fingerprint density at radius 3 is 2.56 bits per heavy atom. The number of nitro groups is 1. The van der Waals surface area contributed by atoms with E-state index in [9.17, 15) is 20.0 Å². The van der Waals surface area contributed by atoms with Crippen LogP contribution in [-0.2, 0) is 4.79 Å². The number of aliphatic hydroxyl groups is 1. The number of nitro benzene ring substituents is 1. The summed E-state index contributed by atoms with van der Waals surface area (Å²) in [6.07, 6.45) is 3.75. The van der Waals surface area contributed by atoms with Crippen LogP contribution in [0.15, 0.2) is 36.4 Å². The van der Waals surface area contributed by atoms with Gasteiger partial charge in [0.25, 0.3) is 5.69 Å². The van der Waals surface area contributed by atoms with E-state index in [-0.39, 0.29) is 11.5 Å². The summed E-state index contributed by atoms with van der Waals surface area (Å²) in [5, 5.41) is 20.6. The number of rotatable bonds is 3. The molecule has 1 aliphatic rings. The second-order valence-corrected chi connectivity index (χ2v) is 4.28. The van der Waals surface area contributed by atoms with Gasteiger partial charge in [-0.3, -0.25) is 14.9 Å². The van der Waals surface area contributed by atoms with E-state index in [0.29, 0.717) is 12.0 Å². The van der Waals surface area contributed by atoms with Gasteiger partial charge in [-0.1, -0.05) is 6.08 Å². The molecular formula is C13H13NO4. The number of benzene rings is 1. The maximum atomic E-state index is 11.6. The third kappa shape index (κ3) is 2.46. The summed E-state index contributed by atoms with van der Waals surface area (Å²) in [6.45, 7) is 0. The molecule has 1 N–H and O–H groups in total. The Morgan fingerprint density at radius 2 is 2.00 bits per heavy atom. The van der Waals surface area contributed by atoms with Crippen LogP contribution in [0.3, 0.4) is 0 Å². The van der Waals surface area contributed by atoms with Crippen molar-refractivity contribution in [1.82, 2.24) is 0 Å². The average molecular weight is 247 g/mol. The molecule has 0 radical (unpaired) electrons. The molecule has 0 aliphatic heterocycles. The van der Waals surface area contributed by atoms with E-state index < -0.39 is 16.9 Å². The minimum atomic E-state index is -0.900. The largest absolute Gasteiger partial charge is 0.388 e. The molecule has 1 aromatic carbocycles. The summed E-state index contributed by atoms with van der Waals surface area (Å²) in [6, 6.07) is 5.66. The Morgan fingerprint density at radius 1 is 1.33 bits per heavy atom. The molecule has 0 heterocycles. The van der Waals surface area contributed by atoms with Crippen LogP contribution in [-0.4, -0.2) is 15.8 Å². The van der Waals surface area contributed by atoms with E-state index in [1.165, 1.54) is 30.3 Å². The minimum absolute atomic E-state index is 0.0270. The zero-order valence-corrected chi connectivity index (χ0v) is 9.65. The first-order chi connectivity index (χ1) is 8.59. The second kappa shape index (κ2) is 5.10. The monoisotopic (exact) mass is 247 g/mol. The van der Waals surface area contributed by atoms with Crippen LogP contribution < -0.4 is 0 Å². The molecule has 2 rings (SSSR count). The van der Waals surface area contributed by atoms with Crippen molar-refractivity contribution in [2.24, 2.45) is 5.92 Å². The number of nitrogens with zero attached hydrogens (tertiary/aromatic N) is 1. The summed E-state index contributed by atoms with van der Waals surface area (Å²) in [5.74, 6) is -0.538. The van der Waals surface area contributed by atoms with Crippen LogP contribution in [0.25, 0.3) is 0 Å². The molecule has 0 saturated carbocycles. The van der Waals surface area contributed by atoms with Gasteiger partial charge in [0, 0.05) is 12.1 Å². The number of hydrogen-bond donors (Lipinski definition) is 1. The van der Waals surface area contributed by atoms with E-state index in [4.69, 9.17) is 0 Å². The number of non-ortho nitro benzene ring substituents is 1. The van der Waals surface area contributed by atoms with E-state index in [0.717, 1.165) is 6.42 Å². The van der Waals surface area contributed by atoms with E-state index >= 15 is 0 Å². The first-order valence-corrected chi connectivity index (χ1v) is 5.72. The number of carbonyl (C=O) groups is 1. The van der Waals surface area contributed by atoms with Gasteiger partial charge < -0.3 is 5.11 Å². The molecule has 0 aromatic heterocycles. The van der Waals surface area contributed by atoms with Gasteiger partial charge >= 0.3 is 0 Å². The number of carbonyl (C=O) groups excluding carboxylic acids is 1. The van der Waals surface area contributed by atoms with Gasteiger partial charge in [-0.15, -0.1) is 0 Å². The molecule has 1 aromatic rings. The molecule has 2 atom stereocenters. The molecular weight excluding hydrogens is 234 g/mol. The fourth-order valence-electron chi connectivity index (χ4n) is 2.08. The predicted octanol–water partition coefficient (Wildman–Crippen LogP) is 2.16. The van der Waals surface area contributed by atoms with Crippen LogP contribution in [0.4, 0.5) is 5.69 Å². The molecule has 94 valence electrons. The van der Waals surface area contributed by atoms with E-state index in [1.54, 1.807) is 6.08 Å². The molecule has 0 unspecified atom stereocenters. The fourth-order valence-corrected chi connectivity index (χ4v) is 2.08. The highest BCUT2D eigenvalue weighted by atomic mass is 16.6. The van der Waals surface area contributed by atoms with Gasteiger partial charge in [0.2, 0.25) is 0 Å². The quantitative estimate of drug-likeness (QED) is 0.655. The molecule has 5 heteroatoms. The van der Waals surface area contributed by atoms with Crippen LogP contribution in [0, 0.1) is 16.0 Å². The molecule has 18 heavy (non-hydrogen) atoms. The van der Waals surface area contributed by atoms with Gasteiger partial charge in [-0.25, -0.2) is 0 Å². The molecule has 0 spiro atoms. The first-order valence-electron chi connectivity index (χ1n) is 5.72. The third-order valence-electron chi connectivity index (χ3n) is 3.12. The smallest absolute Gasteiger partial charge is 0.269 e. The Balaban J connectivity index is 2.18. The zero-order valence-electron chi connectivity index (χ0n) is 9.65. The Bertz CT molecular complexity index is 492. The molecule has 0 amide bonds. The summed E-state index contributed by atoms with van der Waals surface area (Å²) in [4.78, 5) is 21.6. The van der Waals surface area contributed by atoms with Crippen molar-refractivity contribution < 1.29 is 14.8 Å². The number of ketones is 1. The lowest BCUT2D eigenvalue weighted by atomic mass is 9.85. The first kappa shape index (κ1) is 12.4. The predicted molar refractivity (Wildman–Crippen MR) is 64.9 cm³/mol. The lowest BCUT2D eigenvalue weighted by Gasteiger charge is -2.22. The lowest BCUT2D eigenvalue weighted by Crippen LogP contribution is -2.22. The topological polar surface area (TPSA) is 80.4 Å². The highest BCUT2D eigenvalue weighted by Gasteiger charge is 2.27. The standard InChI is InChI=1S/C13H13NO4/c15-12-4-2-1-3-11(12)13(16)9-5-7-10(8-6-9)14(17)18/h2,4-8,11,13,16H,1,3H2/t11-,13+/m1/s1. The minimum Gasteiger partial charge on any atom is -0.388 e. The number of allylic oxidation sites excluding steroid dienone is 2. The molecule has 1 aliphatic carbocycles. The number of hydrogen-bond acceptors (Lipinski definition) is 4. The van der Waals surface area contributed by atoms with Crippen molar-refractivity contribution in [3.63, 3.8) is 0 Å². The van der Waals surface area contributed by atoms with Crippen LogP contribution >= 0.6 is 0 Å². The van der Waals surface area contributed by atoms with Gasteiger partial charge in [-0.2, -0.15) is 0 Å². The molecule has 0 fully saturated rings. The average Bonchev–Trinajstić information content (AvgIpc) is 2.38. The van der Waals surface area contributed by atoms with Crippen molar-refractivity contribution in [3.05, 3.63) is 52.1 Å². The Hall–Kier alpha value is -2.01. The van der Waals surface area contributed by atoms with Crippen molar-refractivity contribution in [1.29, 1.82) is 0 Å². The van der Waals surface area contributed by atoms with Crippen molar-refractivity contribution in [3.8, 4) is 0 Å². The molecule has 0 saturated heterocycles. The summed E-state index contributed by atoms with van der Waals surface area (Å²) < 4.78 is 0. The van der Waals surface area contributed by atoms with Gasteiger partial charge in [0.05, 0.1) is 16.9 Å². The van der Waals surface area contributed by atoms with Crippen LogP contribution in [0.2, 0.25) is 0 Å². The highest BCUT2D eigenvalue weighted by molar-refractivity contribution is 5.93. The van der Waals surface area contributed by atoms with Crippen molar-refractivity contribution >= 4 is 11.5 Å². The van der Waals surface area contributed by atoms with Gasteiger partial charge in [0.15, 0.2) is 5.78 Å². The summed E-state index contributed by atoms with van der Waals surface area (Å²) in [5.41, 5.74) is 0.509. The van der Waals surface area contributed by atoms with Gasteiger partial charge in [0.1, 0.15) is 0 Å². The fraction of sp³-hybridized carbons (Fsp3) is 0.308. The second-order valence-electron chi connectivity index (χ2n) is 4.28. The molecule has 5 nitrogen and oxygen atoms in total. The lowest BCUT2D eigenvalue weighted by molar-refractivity contribution is -0.384. The summed E-state index contributed by atoms with van der Waals surface area (Å²) in [7, 11) is 0. The van der Waals surface area contributed by atoms with Crippen LogP contribution in [0.5, 0.6) is 0 Å². The van der Waals surface area contributed by atoms with Crippen molar-refractivity contribution in [2.45, 2.75) is 18.9 Å². The maximum Gasteiger partial charge on any atom is 0.269 e. The maximum absolute atomic E-state index is 11.6. The third-order valence-corrected chi connectivity index (χ3v) is 3.12. The van der Waals surface area contributed by atoms with Gasteiger partial charge in [-0.05, 0) is 36.6 Å². The molecule has 0 bridgehead atoms. The normalized spacial score (nSPS) is 20.7. The highest BCUT2D eigenvalue weighted by Crippen LogP contribution is 2.30.